The summed E-state index contributed by atoms with van der Waals surface area (Å²) in [7, 11) is 4.49. The number of Topliss-reactive ketones (excluding diaryl/α,β-unsaturated/α-hetero) is 1. The third kappa shape index (κ3) is 14.3. The molecule has 3 N–H and O–H groups in total. The maximum atomic E-state index is 14.6. The fourth-order valence-electron chi connectivity index (χ4n) is 7.00. The summed E-state index contributed by atoms with van der Waals surface area (Å²) in [5.41, 5.74) is 2.26. The Bertz CT molecular complexity index is 2020. The van der Waals surface area contributed by atoms with Crippen LogP contribution in [-0.2, 0) is 51.2 Å². The van der Waals surface area contributed by atoms with Gasteiger partial charge < -0.3 is 44.5 Å². The lowest BCUT2D eigenvalue weighted by Gasteiger charge is -2.32. The second kappa shape index (κ2) is 23.3. The number of nitrogens with one attached hydrogen (secondary N) is 3. The van der Waals surface area contributed by atoms with Crippen LogP contribution in [0.4, 0.5) is 4.79 Å². The molecule has 0 saturated carbocycles. The standard InChI is InChI=1S/C47H62N4O11/c1-9-22-59-40-18-16-33-27-36(40)35-25-32(15-17-39(35)60-23-21-49-46(57)62-47(3,4)5)26-37(45(56)58-8)50-43(54)30(2)24-38(52)42(33)51(7)44(55)34(19-20-48-6)28-41(53)61-29-31-13-11-10-12-14-31/h10-18,25,27,30,34,37,42,48H,9,19-24,26,28-29H2,1-8H3,(H,49,57)(H,50,54)/t30-,34-,37+,42+/m1/s1. The Balaban J connectivity index is 1.81. The molecule has 4 bridgehead atoms. The molecule has 3 aromatic rings. The van der Waals surface area contributed by atoms with E-state index in [9.17, 15) is 28.8 Å². The smallest absolute Gasteiger partial charge is 0.407 e. The molecule has 1 aliphatic rings. The fraction of sp³-hybridized carbons (Fsp3) is 0.489. The molecule has 4 atom stereocenters. The highest BCUT2D eigenvalue weighted by Gasteiger charge is 2.36. The van der Waals surface area contributed by atoms with Crippen molar-refractivity contribution in [1.82, 2.24) is 20.9 Å². The van der Waals surface area contributed by atoms with Gasteiger partial charge in [-0.05, 0) is 88.2 Å². The van der Waals surface area contributed by atoms with Gasteiger partial charge in [0, 0.05) is 42.9 Å². The molecule has 0 aromatic heterocycles. The normalized spacial score (nSPS) is 17.1. The molecule has 336 valence electrons. The second-order valence-corrected chi connectivity index (χ2v) is 16.4. The number of ether oxygens (including phenoxy) is 5. The number of carbonyl (C=O) groups excluding carboxylic acids is 6. The molecule has 1 aliphatic heterocycles. The van der Waals surface area contributed by atoms with E-state index in [4.69, 9.17) is 23.7 Å². The van der Waals surface area contributed by atoms with Crippen LogP contribution in [0.1, 0.15) is 83.0 Å². The monoisotopic (exact) mass is 858 g/mol. The highest BCUT2D eigenvalue weighted by molar-refractivity contribution is 5.95. The van der Waals surface area contributed by atoms with Crippen molar-refractivity contribution >= 4 is 35.6 Å². The second-order valence-electron chi connectivity index (χ2n) is 16.4. The zero-order chi connectivity index (χ0) is 45.4. The van der Waals surface area contributed by atoms with Crippen LogP contribution in [0.5, 0.6) is 11.5 Å². The number of carbonyl (C=O) groups is 6. The first kappa shape index (κ1) is 48.7. The zero-order valence-corrected chi connectivity index (χ0v) is 37.2. The van der Waals surface area contributed by atoms with Crippen molar-refractivity contribution in [3.63, 3.8) is 0 Å². The number of nitrogens with zero attached hydrogens (tertiary/aromatic N) is 1. The number of fused-ring (bicyclic) bond motifs is 5. The van der Waals surface area contributed by atoms with Gasteiger partial charge in [-0.2, -0.15) is 0 Å². The highest BCUT2D eigenvalue weighted by atomic mass is 16.6. The number of likely N-dealkylation sites (N-methyl/N-ethyl adjacent to an activating group) is 1. The molecule has 0 aliphatic carbocycles. The van der Waals surface area contributed by atoms with Crippen LogP contribution in [0, 0.1) is 11.8 Å². The molecule has 0 unspecified atom stereocenters. The van der Waals surface area contributed by atoms with Gasteiger partial charge in [0.25, 0.3) is 0 Å². The Labute approximate surface area is 364 Å². The summed E-state index contributed by atoms with van der Waals surface area (Å²) in [6.07, 6.45) is -0.0790. The Kier molecular flexibility index (Phi) is 18.3. The van der Waals surface area contributed by atoms with Gasteiger partial charge in [0.1, 0.15) is 42.4 Å². The summed E-state index contributed by atoms with van der Waals surface area (Å²) in [4.78, 5) is 82.9. The first-order chi connectivity index (χ1) is 29.5. The van der Waals surface area contributed by atoms with Crippen molar-refractivity contribution < 1.29 is 52.5 Å². The summed E-state index contributed by atoms with van der Waals surface area (Å²) >= 11 is 0. The molecular weight excluding hydrogens is 797 g/mol. The van der Waals surface area contributed by atoms with Crippen LogP contribution >= 0.6 is 0 Å². The molecule has 0 radical (unpaired) electrons. The van der Waals surface area contributed by atoms with Gasteiger partial charge in [-0.15, -0.1) is 0 Å². The Morgan fingerprint density at radius 3 is 2.24 bits per heavy atom. The SMILES string of the molecule is CCCOc1ccc2cc1-c1cc(ccc1OCCNC(=O)OC(C)(C)C)C[C@@H](C(=O)OC)NC(=O)[C@H](C)CC(=O)[C@H]2N(C)C(=O)[C@H](CCNC)CC(=O)OCc1ccccc1. The van der Waals surface area contributed by atoms with Crippen LogP contribution in [-0.4, -0.2) is 99.7 Å². The van der Waals surface area contributed by atoms with Crippen molar-refractivity contribution in [2.24, 2.45) is 11.8 Å². The maximum Gasteiger partial charge on any atom is 0.407 e. The summed E-state index contributed by atoms with van der Waals surface area (Å²) in [6, 6.07) is 17.4. The first-order valence-electron chi connectivity index (χ1n) is 21.1. The van der Waals surface area contributed by atoms with Crippen molar-refractivity contribution in [3.8, 4) is 22.6 Å². The van der Waals surface area contributed by atoms with Crippen molar-refractivity contribution in [1.29, 1.82) is 0 Å². The molecule has 15 heteroatoms. The van der Waals surface area contributed by atoms with Gasteiger partial charge >= 0.3 is 18.0 Å². The fourth-order valence-corrected chi connectivity index (χ4v) is 7.00. The molecule has 1 heterocycles. The van der Waals surface area contributed by atoms with Gasteiger partial charge in [-0.25, -0.2) is 9.59 Å². The lowest BCUT2D eigenvalue weighted by Crippen LogP contribution is -2.46. The molecule has 0 saturated heterocycles. The molecule has 3 amide bonds. The van der Waals surface area contributed by atoms with E-state index < -0.39 is 65.1 Å². The number of alkyl carbamates (subject to hydrolysis) is 1. The molecule has 3 aromatic carbocycles. The average Bonchev–Trinajstić information content (AvgIpc) is 3.24. The lowest BCUT2D eigenvalue weighted by atomic mass is 9.89. The number of benzene rings is 3. The van der Waals surface area contributed by atoms with E-state index in [1.807, 2.05) is 43.3 Å². The lowest BCUT2D eigenvalue weighted by molar-refractivity contribution is -0.151. The third-order valence-electron chi connectivity index (χ3n) is 10.1. The van der Waals surface area contributed by atoms with Crippen LogP contribution in [0.3, 0.4) is 0 Å². The van der Waals surface area contributed by atoms with Crippen molar-refractivity contribution in [2.45, 2.75) is 91.0 Å². The van der Waals surface area contributed by atoms with Gasteiger partial charge in [0.2, 0.25) is 11.8 Å². The van der Waals surface area contributed by atoms with Gasteiger partial charge in [0.05, 0.1) is 26.7 Å². The highest BCUT2D eigenvalue weighted by Crippen LogP contribution is 2.41. The van der Waals surface area contributed by atoms with E-state index in [1.165, 1.54) is 19.1 Å². The molecule has 62 heavy (non-hydrogen) atoms. The zero-order valence-electron chi connectivity index (χ0n) is 37.2. The van der Waals surface area contributed by atoms with Crippen LogP contribution in [0.2, 0.25) is 0 Å². The minimum atomic E-state index is -1.21. The minimum Gasteiger partial charge on any atom is -0.493 e. The Morgan fingerprint density at radius 2 is 1.58 bits per heavy atom. The molecule has 0 fully saturated rings. The summed E-state index contributed by atoms with van der Waals surface area (Å²) in [5.74, 6) is -3.58. The van der Waals surface area contributed by atoms with Crippen LogP contribution < -0.4 is 25.4 Å². The minimum absolute atomic E-state index is 0.0444. The predicted octanol–water partition coefficient (Wildman–Crippen LogP) is 5.71. The van der Waals surface area contributed by atoms with E-state index in [-0.39, 0.29) is 45.4 Å². The molecular formula is C47H62N4O11. The van der Waals surface area contributed by atoms with Crippen molar-refractivity contribution in [3.05, 3.63) is 83.4 Å². The Morgan fingerprint density at radius 1 is 0.903 bits per heavy atom. The topological polar surface area (TPSA) is 188 Å². The molecule has 0 spiro atoms. The molecule has 15 nitrogen and oxygen atoms in total. The average molecular weight is 859 g/mol. The van der Waals surface area contributed by atoms with Gasteiger partial charge in [0.15, 0.2) is 5.78 Å². The number of amides is 3. The van der Waals surface area contributed by atoms with E-state index in [2.05, 4.69) is 16.0 Å². The first-order valence-corrected chi connectivity index (χ1v) is 21.1. The van der Waals surface area contributed by atoms with Crippen molar-refractivity contribution in [2.75, 3.05) is 47.5 Å². The number of methoxy groups -OCH3 is 1. The third-order valence-corrected chi connectivity index (χ3v) is 10.1. The number of esters is 2. The van der Waals surface area contributed by atoms with Gasteiger partial charge in [-0.3, -0.25) is 19.2 Å². The van der Waals surface area contributed by atoms with E-state index >= 15 is 0 Å². The summed E-state index contributed by atoms with van der Waals surface area (Å²) in [5, 5.41) is 8.51. The summed E-state index contributed by atoms with van der Waals surface area (Å²) in [6.45, 7) is 9.83. The largest absolute Gasteiger partial charge is 0.493 e. The van der Waals surface area contributed by atoms with Crippen LogP contribution in [0.15, 0.2) is 66.7 Å². The van der Waals surface area contributed by atoms with E-state index in [1.54, 1.807) is 65.1 Å². The van der Waals surface area contributed by atoms with E-state index in [0.717, 1.165) is 5.56 Å². The number of hydrogen-bond acceptors (Lipinski definition) is 12. The summed E-state index contributed by atoms with van der Waals surface area (Å²) < 4.78 is 28.5. The molecule has 4 rings (SSSR count). The predicted molar refractivity (Wildman–Crippen MR) is 232 cm³/mol. The Hall–Kier alpha value is -5.96. The number of ketones is 1. The number of hydrogen-bond donors (Lipinski definition) is 3. The quantitative estimate of drug-likeness (QED) is 0.0854. The van der Waals surface area contributed by atoms with Gasteiger partial charge in [-0.1, -0.05) is 56.3 Å². The van der Waals surface area contributed by atoms with Crippen LogP contribution in [0.25, 0.3) is 11.1 Å². The maximum absolute atomic E-state index is 14.6. The number of rotatable bonds is 17. The van der Waals surface area contributed by atoms with E-state index in [0.29, 0.717) is 53.3 Å².